The molecule has 0 aliphatic carbocycles. The van der Waals surface area contributed by atoms with Crippen LogP contribution in [0.4, 0.5) is 5.82 Å². The van der Waals surface area contributed by atoms with E-state index in [9.17, 15) is 0 Å². The van der Waals surface area contributed by atoms with E-state index in [0.717, 1.165) is 17.0 Å². The third kappa shape index (κ3) is 4.00. The Morgan fingerprint density at radius 1 is 0.773 bits per heavy atom. The van der Waals surface area contributed by atoms with E-state index in [1.807, 2.05) is 66.7 Å². The Labute approximate surface area is 139 Å². The van der Waals surface area contributed by atoms with Crippen LogP contribution in [0, 0.1) is 0 Å². The molecule has 0 unspecified atom stereocenters. The third-order valence-corrected chi connectivity index (χ3v) is 2.86. The molecule has 0 saturated heterocycles. The Kier molecular flexibility index (Phi) is 5.82. The first-order valence-corrected chi connectivity index (χ1v) is 6.60. The van der Waals surface area contributed by atoms with Gasteiger partial charge in [0.25, 0.3) is 0 Å². The molecule has 0 N–H and O–H groups in total. The van der Waals surface area contributed by atoms with Gasteiger partial charge in [-0.1, -0.05) is 60.8 Å². The van der Waals surface area contributed by atoms with Gasteiger partial charge in [0.15, 0.2) is 0 Å². The molecule has 0 aliphatic heterocycles. The van der Waals surface area contributed by atoms with E-state index in [-0.39, 0.29) is 16.8 Å². The first-order valence-electron chi connectivity index (χ1n) is 6.60. The van der Waals surface area contributed by atoms with E-state index >= 15 is 0 Å². The average Bonchev–Trinajstić information content (AvgIpc) is 2.58. The standard InChI is InChI=1S/C17H13N4.Co/c1-2-8-14(9-3-1)17(15-10-4-6-12-18-15)21-20-16-11-5-7-13-19-16;/h1-13H;/q-1;+2. The van der Waals surface area contributed by atoms with Crippen molar-refractivity contribution in [1.29, 1.82) is 0 Å². The maximum Gasteiger partial charge on any atom is 2.00 e. The summed E-state index contributed by atoms with van der Waals surface area (Å²) in [6.07, 6.45) is 3.44. The van der Waals surface area contributed by atoms with Crippen molar-refractivity contribution < 1.29 is 16.8 Å². The Bertz CT molecular complexity index is 674. The fourth-order valence-electron chi connectivity index (χ4n) is 1.87. The molecular formula is C17H13CoN4+. The van der Waals surface area contributed by atoms with Gasteiger partial charge in [0.1, 0.15) is 0 Å². The molecule has 0 fully saturated rings. The van der Waals surface area contributed by atoms with Gasteiger partial charge in [-0.05, 0) is 18.0 Å². The molecule has 3 rings (SSSR count). The molecule has 4 nitrogen and oxygen atoms in total. The largest absolute Gasteiger partial charge is 2.00 e. The molecule has 22 heavy (non-hydrogen) atoms. The maximum absolute atomic E-state index is 4.36. The summed E-state index contributed by atoms with van der Waals surface area (Å²) in [5.74, 6) is 0.571. The van der Waals surface area contributed by atoms with Gasteiger partial charge in [-0.15, -0.1) is 0 Å². The van der Waals surface area contributed by atoms with Gasteiger partial charge in [-0.25, -0.2) is 0 Å². The molecule has 1 aromatic carbocycles. The van der Waals surface area contributed by atoms with Gasteiger partial charge < -0.3 is 10.4 Å². The van der Waals surface area contributed by atoms with Crippen LogP contribution in [0.1, 0.15) is 11.3 Å². The number of hydrogen-bond acceptors (Lipinski definition) is 3. The second kappa shape index (κ2) is 8.07. The van der Waals surface area contributed by atoms with Crippen LogP contribution in [-0.4, -0.2) is 15.7 Å². The molecule has 3 aromatic rings. The van der Waals surface area contributed by atoms with Crippen molar-refractivity contribution in [3.05, 3.63) is 95.8 Å². The monoisotopic (exact) mass is 332 g/mol. The second-order valence-corrected chi connectivity index (χ2v) is 4.32. The summed E-state index contributed by atoms with van der Waals surface area (Å²) in [5, 5.41) is 4.35. The molecule has 0 spiro atoms. The van der Waals surface area contributed by atoms with Crippen LogP contribution < -0.4 is 0 Å². The smallest absolute Gasteiger partial charge is 0.442 e. The molecule has 0 amide bonds. The molecule has 2 aromatic heterocycles. The number of hydrogen-bond donors (Lipinski definition) is 0. The fraction of sp³-hybridized carbons (Fsp3) is 0. The summed E-state index contributed by atoms with van der Waals surface area (Å²) in [6, 6.07) is 21.1. The second-order valence-electron chi connectivity index (χ2n) is 4.32. The Balaban J connectivity index is 0.00000176. The summed E-state index contributed by atoms with van der Waals surface area (Å²) in [4.78, 5) is 8.50. The summed E-state index contributed by atoms with van der Waals surface area (Å²) >= 11 is 0. The van der Waals surface area contributed by atoms with Crippen LogP contribution in [0.2, 0.25) is 0 Å². The molecule has 0 saturated carbocycles. The zero-order chi connectivity index (χ0) is 14.3. The molecular weight excluding hydrogens is 319 g/mol. The van der Waals surface area contributed by atoms with Gasteiger partial charge in [0.05, 0.1) is 11.4 Å². The van der Waals surface area contributed by atoms with Crippen LogP contribution in [0.5, 0.6) is 0 Å². The molecule has 0 bridgehead atoms. The van der Waals surface area contributed by atoms with Crippen molar-refractivity contribution in [2.75, 3.05) is 0 Å². The number of rotatable bonds is 4. The van der Waals surface area contributed by atoms with E-state index in [2.05, 4.69) is 20.5 Å². The summed E-state index contributed by atoms with van der Waals surface area (Å²) in [6.45, 7) is 0. The van der Waals surface area contributed by atoms with Crippen molar-refractivity contribution in [2.45, 2.75) is 0 Å². The first-order chi connectivity index (χ1) is 10.4. The Morgan fingerprint density at radius 2 is 1.45 bits per heavy atom. The van der Waals surface area contributed by atoms with Crippen molar-refractivity contribution in [3.63, 3.8) is 0 Å². The minimum absolute atomic E-state index is 0. The predicted octanol–water partition coefficient (Wildman–Crippen LogP) is 3.93. The zero-order valence-electron chi connectivity index (χ0n) is 11.6. The van der Waals surface area contributed by atoms with Crippen LogP contribution in [-0.2, 0) is 16.8 Å². The minimum Gasteiger partial charge on any atom is -0.442 e. The quantitative estimate of drug-likeness (QED) is 0.537. The SMILES string of the molecule is [Co+2].c1ccc(C(=N[N-]c2ccccn2)c2ccccn2)cc1. The van der Waals surface area contributed by atoms with E-state index in [0.29, 0.717) is 5.82 Å². The number of benzene rings is 1. The predicted molar refractivity (Wildman–Crippen MR) is 83.6 cm³/mol. The molecule has 2 heterocycles. The topological polar surface area (TPSA) is 52.2 Å². The van der Waals surface area contributed by atoms with E-state index in [1.54, 1.807) is 12.4 Å². The van der Waals surface area contributed by atoms with Gasteiger partial charge in [0, 0.05) is 11.8 Å². The number of pyridine rings is 2. The van der Waals surface area contributed by atoms with Crippen LogP contribution in [0.3, 0.4) is 0 Å². The zero-order valence-corrected chi connectivity index (χ0v) is 12.7. The molecule has 0 aliphatic rings. The van der Waals surface area contributed by atoms with Crippen LogP contribution >= 0.6 is 0 Å². The van der Waals surface area contributed by atoms with Crippen molar-refractivity contribution in [3.8, 4) is 0 Å². The van der Waals surface area contributed by atoms with Crippen molar-refractivity contribution >= 4 is 11.5 Å². The van der Waals surface area contributed by atoms with Gasteiger partial charge in [0.2, 0.25) is 0 Å². The van der Waals surface area contributed by atoms with Crippen molar-refractivity contribution in [1.82, 2.24) is 9.97 Å². The van der Waals surface area contributed by atoms with E-state index < -0.39 is 0 Å². The number of aromatic nitrogens is 2. The third-order valence-electron chi connectivity index (χ3n) is 2.86. The van der Waals surface area contributed by atoms with Gasteiger partial charge in [-0.2, -0.15) is 0 Å². The van der Waals surface area contributed by atoms with Gasteiger partial charge in [-0.3, -0.25) is 10.1 Å². The minimum atomic E-state index is 0. The van der Waals surface area contributed by atoms with E-state index in [1.165, 1.54) is 0 Å². The van der Waals surface area contributed by atoms with Crippen LogP contribution in [0.15, 0.2) is 84.2 Å². The first kappa shape index (κ1) is 15.9. The van der Waals surface area contributed by atoms with Crippen molar-refractivity contribution in [2.24, 2.45) is 5.10 Å². The fourth-order valence-corrected chi connectivity index (χ4v) is 1.87. The average molecular weight is 332 g/mol. The van der Waals surface area contributed by atoms with Crippen LogP contribution in [0.25, 0.3) is 5.43 Å². The summed E-state index contributed by atoms with van der Waals surface area (Å²) in [5.41, 5.74) is 6.67. The summed E-state index contributed by atoms with van der Waals surface area (Å²) in [7, 11) is 0. The van der Waals surface area contributed by atoms with E-state index in [4.69, 9.17) is 0 Å². The Morgan fingerprint density at radius 3 is 2.09 bits per heavy atom. The maximum atomic E-state index is 4.36. The molecule has 109 valence electrons. The molecule has 5 heteroatoms. The normalized spacial score (nSPS) is 10.6. The molecule has 0 atom stereocenters. The summed E-state index contributed by atoms with van der Waals surface area (Å²) < 4.78 is 0. The van der Waals surface area contributed by atoms with Gasteiger partial charge >= 0.3 is 16.8 Å². The molecule has 1 radical (unpaired) electrons. The number of nitrogens with zero attached hydrogens (tertiary/aromatic N) is 4. The Hall–Kier alpha value is -2.50.